The van der Waals surface area contributed by atoms with Crippen LogP contribution < -0.4 is 0 Å². The fraction of sp³-hybridized carbons (Fsp3) is 0.133. The van der Waals surface area contributed by atoms with Gasteiger partial charge in [0, 0.05) is 10.6 Å². The molecule has 0 aromatic heterocycles. The molecular weight excluding hydrogens is 282 g/mol. The molecule has 20 heavy (non-hydrogen) atoms. The van der Waals surface area contributed by atoms with Crippen molar-refractivity contribution in [2.75, 3.05) is 7.11 Å². The first-order chi connectivity index (χ1) is 9.60. The SMILES string of the molecule is COC(=O)c1ccc(CSc2cccc(F)c2)cc1F. The van der Waals surface area contributed by atoms with Crippen LogP contribution in [-0.4, -0.2) is 13.1 Å². The molecule has 0 bridgehead atoms. The summed E-state index contributed by atoms with van der Waals surface area (Å²) in [5.41, 5.74) is 0.622. The molecule has 0 amide bonds. The first-order valence-corrected chi connectivity index (χ1v) is 6.84. The van der Waals surface area contributed by atoms with Crippen LogP contribution in [-0.2, 0) is 10.5 Å². The molecule has 104 valence electrons. The van der Waals surface area contributed by atoms with E-state index in [4.69, 9.17) is 0 Å². The van der Waals surface area contributed by atoms with Gasteiger partial charge in [-0.1, -0.05) is 12.1 Å². The minimum atomic E-state index is -0.702. The molecule has 0 unspecified atom stereocenters. The third-order valence-electron chi connectivity index (χ3n) is 2.64. The number of hydrogen-bond acceptors (Lipinski definition) is 3. The fourth-order valence-electron chi connectivity index (χ4n) is 1.65. The highest BCUT2D eigenvalue weighted by Gasteiger charge is 2.12. The van der Waals surface area contributed by atoms with Gasteiger partial charge in [-0.25, -0.2) is 13.6 Å². The van der Waals surface area contributed by atoms with E-state index in [1.807, 2.05) is 0 Å². The topological polar surface area (TPSA) is 26.3 Å². The van der Waals surface area contributed by atoms with Crippen LogP contribution in [0.2, 0.25) is 0 Å². The molecule has 2 nitrogen and oxygen atoms in total. The molecule has 0 saturated carbocycles. The van der Waals surface area contributed by atoms with Crippen LogP contribution in [0.15, 0.2) is 47.4 Å². The predicted octanol–water partition coefficient (Wildman–Crippen LogP) is 4.04. The summed E-state index contributed by atoms with van der Waals surface area (Å²) in [5, 5.41) is 0. The van der Waals surface area contributed by atoms with Crippen molar-refractivity contribution in [2.24, 2.45) is 0 Å². The van der Waals surface area contributed by atoms with Crippen molar-refractivity contribution in [3.05, 3.63) is 65.2 Å². The van der Waals surface area contributed by atoms with E-state index in [1.165, 1.54) is 43.1 Å². The van der Waals surface area contributed by atoms with Crippen LogP contribution in [0.1, 0.15) is 15.9 Å². The zero-order valence-corrected chi connectivity index (χ0v) is 11.5. The van der Waals surface area contributed by atoms with E-state index in [2.05, 4.69) is 4.74 Å². The van der Waals surface area contributed by atoms with Crippen LogP contribution in [0, 0.1) is 11.6 Å². The van der Waals surface area contributed by atoms with Gasteiger partial charge in [0.15, 0.2) is 0 Å². The number of esters is 1. The van der Waals surface area contributed by atoms with Gasteiger partial charge in [0.2, 0.25) is 0 Å². The molecule has 5 heteroatoms. The number of rotatable bonds is 4. The summed E-state index contributed by atoms with van der Waals surface area (Å²) >= 11 is 1.39. The number of methoxy groups -OCH3 is 1. The molecule has 0 aliphatic heterocycles. The predicted molar refractivity (Wildman–Crippen MR) is 73.7 cm³/mol. The molecule has 0 aliphatic rings. The van der Waals surface area contributed by atoms with E-state index < -0.39 is 11.8 Å². The molecule has 0 fully saturated rings. The second-order valence-corrected chi connectivity index (χ2v) is 5.10. The molecule has 0 spiro atoms. The second kappa shape index (κ2) is 6.52. The Morgan fingerprint density at radius 1 is 1.20 bits per heavy atom. The van der Waals surface area contributed by atoms with Crippen molar-refractivity contribution in [3.63, 3.8) is 0 Å². The number of benzene rings is 2. The van der Waals surface area contributed by atoms with Gasteiger partial charge in [0.1, 0.15) is 11.6 Å². The maximum Gasteiger partial charge on any atom is 0.340 e. The van der Waals surface area contributed by atoms with Gasteiger partial charge in [-0.15, -0.1) is 11.8 Å². The standard InChI is InChI=1S/C15H12F2O2S/c1-19-15(18)13-6-5-10(7-14(13)17)9-20-12-4-2-3-11(16)8-12/h2-8H,9H2,1H3. The normalized spacial score (nSPS) is 10.3. The molecule has 0 N–H and O–H groups in total. The van der Waals surface area contributed by atoms with Crippen LogP contribution in [0.4, 0.5) is 8.78 Å². The van der Waals surface area contributed by atoms with E-state index in [0.717, 1.165) is 4.90 Å². The highest BCUT2D eigenvalue weighted by molar-refractivity contribution is 7.98. The molecule has 0 aliphatic carbocycles. The quantitative estimate of drug-likeness (QED) is 0.629. The van der Waals surface area contributed by atoms with Gasteiger partial charge >= 0.3 is 5.97 Å². The van der Waals surface area contributed by atoms with Gasteiger partial charge in [-0.2, -0.15) is 0 Å². The molecule has 2 aromatic carbocycles. The molecule has 2 aromatic rings. The third kappa shape index (κ3) is 3.57. The number of thioether (sulfide) groups is 1. The molecule has 0 radical (unpaired) electrons. The molecule has 0 atom stereocenters. The largest absolute Gasteiger partial charge is 0.465 e. The Bertz CT molecular complexity index is 629. The van der Waals surface area contributed by atoms with Gasteiger partial charge in [0.05, 0.1) is 12.7 Å². The highest BCUT2D eigenvalue weighted by Crippen LogP contribution is 2.24. The third-order valence-corrected chi connectivity index (χ3v) is 3.71. The second-order valence-electron chi connectivity index (χ2n) is 4.05. The number of halogens is 2. The van der Waals surface area contributed by atoms with E-state index in [-0.39, 0.29) is 11.4 Å². The Balaban J connectivity index is 2.07. The van der Waals surface area contributed by atoms with Crippen molar-refractivity contribution >= 4 is 17.7 Å². The maximum absolute atomic E-state index is 13.7. The number of carbonyl (C=O) groups excluding carboxylic acids is 1. The van der Waals surface area contributed by atoms with Crippen LogP contribution in [0.3, 0.4) is 0 Å². The van der Waals surface area contributed by atoms with Crippen molar-refractivity contribution in [1.82, 2.24) is 0 Å². The van der Waals surface area contributed by atoms with Crippen molar-refractivity contribution in [2.45, 2.75) is 10.6 Å². The first kappa shape index (κ1) is 14.5. The number of hydrogen-bond donors (Lipinski definition) is 0. The van der Waals surface area contributed by atoms with Gasteiger partial charge in [0.25, 0.3) is 0 Å². The minimum absolute atomic E-state index is 0.0907. The number of carbonyl (C=O) groups is 1. The zero-order chi connectivity index (χ0) is 14.5. The summed E-state index contributed by atoms with van der Waals surface area (Å²) in [6.07, 6.45) is 0. The van der Waals surface area contributed by atoms with Crippen molar-refractivity contribution in [3.8, 4) is 0 Å². The molecule has 0 heterocycles. The Morgan fingerprint density at radius 3 is 2.65 bits per heavy atom. The Labute approximate surface area is 119 Å². The van der Waals surface area contributed by atoms with Crippen molar-refractivity contribution < 1.29 is 18.3 Å². The van der Waals surface area contributed by atoms with Gasteiger partial charge in [-0.3, -0.25) is 0 Å². The summed E-state index contributed by atoms with van der Waals surface area (Å²) in [5.74, 6) is -1.13. The van der Waals surface area contributed by atoms with Crippen LogP contribution >= 0.6 is 11.8 Å². The summed E-state index contributed by atoms with van der Waals surface area (Å²) < 4.78 is 31.2. The average Bonchev–Trinajstić information content (AvgIpc) is 2.44. The number of ether oxygens (including phenoxy) is 1. The monoisotopic (exact) mass is 294 g/mol. The van der Waals surface area contributed by atoms with E-state index in [0.29, 0.717) is 11.3 Å². The van der Waals surface area contributed by atoms with E-state index >= 15 is 0 Å². The summed E-state index contributed by atoms with van der Waals surface area (Å²) in [7, 11) is 1.20. The lowest BCUT2D eigenvalue weighted by atomic mass is 10.1. The minimum Gasteiger partial charge on any atom is -0.465 e. The molecule has 0 saturated heterocycles. The smallest absolute Gasteiger partial charge is 0.340 e. The maximum atomic E-state index is 13.7. The lowest BCUT2D eigenvalue weighted by molar-refractivity contribution is 0.0595. The lowest BCUT2D eigenvalue weighted by Crippen LogP contribution is -2.04. The first-order valence-electron chi connectivity index (χ1n) is 5.85. The van der Waals surface area contributed by atoms with E-state index in [9.17, 15) is 13.6 Å². The summed E-state index contributed by atoms with van der Waals surface area (Å²) in [4.78, 5) is 12.0. The van der Waals surface area contributed by atoms with Crippen molar-refractivity contribution in [1.29, 1.82) is 0 Å². The summed E-state index contributed by atoms with van der Waals surface area (Å²) in [6, 6.07) is 10.5. The highest BCUT2D eigenvalue weighted by atomic mass is 32.2. The molecule has 2 rings (SSSR count). The van der Waals surface area contributed by atoms with E-state index in [1.54, 1.807) is 18.2 Å². The zero-order valence-electron chi connectivity index (χ0n) is 10.7. The fourth-order valence-corrected chi connectivity index (χ4v) is 2.53. The van der Waals surface area contributed by atoms with Gasteiger partial charge < -0.3 is 4.74 Å². The summed E-state index contributed by atoms with van der Waals surface area (Å²) in [6.45, 7) is 0. The molecular formula is C15H12F2O2S. The Hall–Kier alpha value is -1.88. The van der Waals surface area contributed by atoms with Crippen LogP contribution in [0.25, 0.3) is 0 Å². The Kier molecular flexibility index (Phi) is 4.74. The Morgan fingerprint density at radius 2 is 2.00 bits per heavy atom. The van der Waals surface area contributed by atoms with Crippen LogP contribution in [0.5, 0.6) is 0 Å². The van der Waals surface area contributed by atoms with Gasteiger partial charge in [-0.05, 0) is 35.9 Å². The lowest BCUT2D eigenvalue weighted by Gasteiger charge is -2.05. The average molecular weight is 294 g/mol.